The van der Waals surface area contributed by atoms with Crippen LogP contribution >= 0.6 is 0 Å². The number of aliphatic hydroxyl groups excluding tert-OH is 1. The summed E-state index contributed by atoms with van der Waals surface area (Å²) in [6, 6.07) is 16.5. The van der Waals surface area contributed by atoms with Gasteiger partial charge in [-0.2, -0.15) is 0 Å². The fourth-order valence-corrected chi connectivity index (χ4v) is 4.64. The van der Waals surface area contributed by atoms with Crippen molar-refractivity contribution in [1.29, 1.82) is 0 Å². The van der Waals surface area contributed by atoms with Gasteiger partial charge < -0.3 is 10.4 Å². The summed E-state index contributed by atoms with van der Waals surface area (Å²) in [6.45, 7) is 2.01. The molecule has 4 nitrogen and oxygen atoms in total. The summed E-state index contributed by atoms with van der Waals surface area (Å²) >= 11 is 0. The summed E-state index contributed by atoms with van der Waals surface area (Å²) < 4.78 is 13.5. The van der Waals surface area contributed by atoms with E-state index in [0.717, 1.165) is 52.2 Å². The Kier molecular flexibility index (Phi) is 6.60. The van der Waals surface area contributed by atoms with E-state index in [0.29, 0.717) is 18.4 Å². The molecule has 1 aliphatic carbocycles. The molecule has 2 N–H and O–H groups in total. The minimum Gasteiger partial charge on any atom is -0.511 e. The lowest BCUT2D eigenvalue weighted by Crippen LogP contribution is -2.35. The Balaban J connectivity index is 1.55. The monoisotopic (exact) mass is 478 g/mol. The molecule has 0 radical (unpaired) electrons. The number of hydrogen-bond acceptors (Lipinski definition) is 3. The molecule has 36 heavy (non-hydrogen) atoms. The van der Waals surface area contributed by atoms with Crippen molar-refractivity contribution in [2.24, 2.45) is 0 Å². The first-order valence-electron chi connectivity index (χ1n) is 12.1. The average molecular weight is 479 g/mol. The predicted molar refractivity (Wildman–Crippen MR) is 138 cm³/mol. The second-order valence-corrected chi connectivity index (χ2v) is 9.21. The van der Waals surface area contributed by atoms with Crippen LogP contribution < -0.4 is 5.32 Å². The molecule has 2 aromatic rings. The molecular weight excluding hydrogens is 451 g/mol. The first kappa shape index (κ1) is 23.4. The van der Waals surface area contributed by atoms with E-state index < -0.39 is 0 Å². The fourth-order valence-electron chi connectivity index (χ4n) is 4.64. The number of rotatable bonds is 5. The van der Waals surface area contributed by atoms with Gasteiger partial charge in [0.2, 0.25) is 0 Å². The number of hydrogen-bond donors (Lipinski definition) is 2. The zero-order valence-electron chi connectivity index (χ0n) is 20.1. The van der Waals surface area contributed by atoms with E-state index in [1.165, 1.54) is 12.1 Å². The number of aliphatic hydroxyl groups is 1. The predicted octanol–water partition coefficient (Wildman–Crippen LogP) is 5.98. The highest BCUT2D eigenvalue weighted by Crippen LogP contribution is 2.34. The molecule has 2 aromatic carbocycles. The van der Waals surface area contributed by atoms with E-state index in [1.54, 1.807) is 29.2 Å². The lowest BCUT2D eigenvalue weighted by molar-refractivity contribution is -0.123. The van der Waals surface area contributed by atoms with Crippen LogP contribution in [0.3, 0.4) is 0 Å². The Bertz CT molecular complexity index is 1410. The molecule has 0 atom stereocenters. The van der Waals surface area contributed by atoms with Crippen molar-refractivity contribution in [3.63, 3.8) is 0 Å². The molecule has 2 aliphatic heterocycles. The van der Waals surface area contributed by atoms with Crippen molar-refractivity contribution in [2.75, 3.05) is 0 Å². The topological polar surface area (TPSA) is 52.6 Å². The van der Waals surface area contributed by atoms with Gasteiger partial charge in [0.15, 0.2) is 0 Å². The number of benzene rings is 2. The van der Waals surface area contributed by atoms with Gasteiger partial charge in [0.05, 0.1) is 12.1 Å². The van der Waals surface area contributed by atoms with Crippen LogP contribution in [0.25, 0.3) is 0 Å². The molecule has 0 unspecified atom stereocenters. The van der Waals surface area contributed by atoms with Crippen molar-refractivity contribution < 1.29 is 14.3 Å². The van der Waals surface area contributed by atoms with Crippen LogP contribution in [0.15, 0.2) is 113 Å². The van der Waals surface area contributed by atoms with Gasteiger partial charge in [-0.15, -0.1) is 0 Å². The maximum atomic E-state index is 14.0. The standard InChI is InChI=1S/C31H27FN2O2/c1-21-10-17-30-28(19-22-6-3-2-4-7-22)33-29(24-8-5-9-26(35)16-13-24)20-34(30)31(36)27(21)18-23-11-14-25(32)15-12-23/h2-4,6-7,11-16,20,33,35H,9-10,17-19H2,1H3. The second-order valence-electron chi connectivity index (χ2n) is 9.21. The van der Waals surface area contributed by atoms with Gasteiger partial charge in [-0.1, -0.05) is 59.9 Å². The normalized spacial score (nSPS) is 17.7. The minimum atomic E-state index is -0.292. The van der Waals surface area contributed by atoms with Crippen LogP contribution in [-0.4, -0.2) is 15.9 Å². The minimum absolute atomic E-state index is 0.0746. The van der Waals surface area contributed by atoms with Crippen LogP contribution in [-0.2, 0) is 17.6 Å². The third-order valence-corrected chi connectivity index (χ3v) is 6.65. The summed E-state index contributed by atoms with van der Waals surface area (Å²) in [5.41, 5.74) is 7.14. The number of halogens is 1. The molecule has 5 heteroatoms. The summed E-state index contributed by atoms with van der Waals surface area (Å²) in [5, 5.41) is 13.5. The third-order valence-electron chi connectivity index (χ3n) is 6.65. The molecule has 5 rings (SSSR count). The van der Waals surface area contributed by atoms with Gasteiger partial charge in [-0.25, -0.2) is 4.39 Å². The largest absolute Gasteiger partial charge is 0.511 e. The Morgan fingerprint density at radius 3 is 2.53 bits per heavy atom. The zero-order chi connectivity index (χ0) is 25.1. The number of allylic oxidation sites excluding steroid dienone is 7. The number of amides is 1. The number of carbonyl (C=O) groups is 1. The first-order chi connectivity index (χ1) is 17.5. The fraction of sp³-hybridized carbons (Fsp3) is 0.194. The van der Waals surface area contributed by atoms with Gasteiger partial charge in [0.25, 0.3) is 5.91 Å². The molecule has 0 aromatic heterocycles. The van der Waals surface area contributed by atoms with Crippen molar-refractivity contribution in [3.8, 4) is 11.8 Å². The van der Waals surface area contributed by atoms with E-state index in [4.69, 9.17) is 0 Å². The lowest BCUT2D eigenvalue weighted by atomic mass is 9.98. The van der Waals surface area contributed by atoms with Gasteiger partial charge >= 0.3 is 0 Å². The maximum absolute atomic E-state index is 14.0. The van der Waals surface area contributed by atoms with E-state index in [1.807, 2.05) is 31.3 Å². The molecule has 1 amide bonds. The van der Waals surface area contributed by atoms with Crippen LogP contribution in [0.1, 0.15) is 37.3 Å². The molecule has 0 saturated carbocycles. The molecule has 0 fully saturated rings. The lowest BCUT2D eigenvalue weighted by Gasteiger charge is -2.31. The molecule has 0 saturated heterocycles. The van der Waals surface area contributed by atoms with Gasteiger partial charge in [0, 0.05) is 41.6 Å². The molecular formula is C31H27FN2O2. The highest BCUT2D eigenvalue weighted by atomic mass is 19.1. The van der Waals surface area contributed by atoms with Crippen molar-refractivity contribution >= 4 is 5.91 Å². The maximum Gasteiger partial charge on any atom is 0.258 e. The Morgan fingerprint density at radius 1 is 1.00 bits per heavy atom. The zero-order valence-corrected chi connectivity index (χ0v) is 20.1. The van der Waals surface area contributed by atoms with Crippen LogP contribution in [0.2, 0.25) is 0 Å². The number of nitrogens with zero attached hydrogens (tertiary/aromatic N) is 1. The number of carbonyl (C=O) groups excluding carboxylic acids is 1. The molecule has 0 spiro atoms. The van der Waals surface area contributed by atoms with Gasteiger partial charge in [0.1, 0.15) is 11.6 Å². The average Bonchev–Trinajstić information content (AvgIpc) is 3.17. The summed E-state index contributed by atoms with van der Waals surface area (Å²) in [5.74, 6) is 5.94. The quantitative estimate of drug-likeness (QED) is 0.520. The van der Waals surface area contributed by atoms with E-state index in [2.05, 4.69) is 29.3 Å². The summed E-state index contributed by atoms with van der Waals surface area (Å²) in [7, 11) is 0. The van der Waals surface area contributed by atoms with E-state index in [-0.39, 0.29) is 23.9 Å². The SMILES string of the molecule is CC1=C(Cc2ccc(F)cc2)C(=O)N2C=C(C3=CC=C(O)CC#C3)NC(Cc3ccccc3)=C2CC1. The second kappa shape index (κ2) is 10.1. The van der Waals surface area contributed by atoms with Crippen molar-refractivity contribution in [1.82, 2.24) is 10.2 Å². The molecule has 2 heterocycles. The molecule has 180 valence electrons. The first-order valence-corrected chi connectivity index (χ1v) is 12.1. The summed E-state index contributed by atoms with van der Waals surface area (Å²) in [6.07, 6.45) is 8.09. The van der Waals surface area contributed by atoms with Crippen LogP contribution in [0.5, 0.6) is 0 Å². The Labute approximate surface area is 210 Å². The Morgan fingerprint density at radius 2 is 1.75 bits per heavy atom. The smallest absolute Gasteiger partial charge is 0.258 e. The third kappa shape index (κ3) is 5.04. The van der Waals surface area contributed by atoms with Crippen LogP contribution in [0.4, 0.5) is 4.39 Å². The Hall–Kier alpha value is -4.30. The van der Waals surface area contributed by atoms with Crippen molar-refractivity contribution in [3.05, 3.63) is 129 Å². The van der Waals surface area contributed by atoms with E-state index >= 15 is 0 Å². The van der Waals surface area contributed by atoms with E-state index in [9.17, 15) is 14.3 Å². The van der Waals surface area contributed by atoms with Gasteiger partial charge in [-0.3, -0.25) is 9.69 Å². The molecule has 3 aliphatic rings. The number of fused-ring (bicyclic) bond motifs is 1. The molecule has 0 bridgehead atoms. The van der Waals surface area contributed by atoms with Crippen LogP contribution in [0, 0.1) is 17.7 Å². The highest BCUT2D eigenvalue weighted by Gasteiger charge is 2.31. The van der Waals surface area contributed by atoms with Crippen molar-refractivity contribution in [2.45, 2.75) is 39.0 Å². The number of nitrogens with one attached hydrogen (secondary N) is 1. The highest BCUT2D eigenvalue weighted by molar-refractivity contribution is 5.97. The summed E-state index contributed by atoms with van der Waals surface area (Å²) in [4.78, 5) is 15.7. The van der Waals surface area contributed by atoms with Gasteiger partial charge in [-0.05, 0) is 55.2 Å².